The summed E-state index contributed by atoms with van der Waals surface area (Å²) < 4.78 is 12.4. The van der Waals surface area contributed by atoms with E-state index in [0.29, 0.717) is 22.5 Å². The Morgan fingerprint density at radius 3 is 2.20 bits per heavy atom. The maximum Gasteiger partial charge on any atom is 0.419 e. The molecule has 4 N–H and O–H groups in total. The van der Waals surface area contributed by atoms with Gasteiger partial charge in [0.1, 0.15) is 28.7 Å². The minimum Gasteiger partial charge on any atom is -0.444 e. The van der Waals surface area contributed by atoms with Crippen LogP contribution in [0.15, 0.2) is 83.2 Å². The summed E-state index contributed by atoms with van der Waals surface area (Å²) in [5.41, 5.74) is 6.79. The van der Waals surface area contributed by atoms with Crippen molar-refractivity contribution in [2.45, 2.75) is 65.2 Å². The predicted octanol–water partition coefficient (Wildman–Crippen LogP) is 6.89. The number of nitrogen functional groups attached to an aromatic ring is 1. The van der Waals surface area contributed by atoms with Gasteiger partial charge in [0.15, 0.2) is 5.82 Å². The van der Waals surface area contributed by atoms with Crippen LogP contribution >= 0.6 is 0 Å². The number of pyridine rings is 1. The van der Waals surface area contributed by atoms with Gasteiger partial charge >= 0.3 is 12.2 Å². The average molecular weight is 600 g/mol. The largest absolute Gasteiger partial charge is 0.444 e. The number of benzene rings is 2. The third kappa shape index (κ3) is 8.63. The fourth-order valence-electron chi connectivity index (χ4n) is 4.20. The number of aromatic nitrogens is 2. The van der Waals surface area contributed by atoms with Gasteiger partial charge in [-0.25, -0.2) is 14.6 Å². The number of carbonyl (C=O) groups excluding carboxylic acids is 3. The topological polar surface area (TPSA) is 162 Å². The number of nitrogens with zero attached hydrogens (tertiary/aromatic N) is 4. The highest BCUT2D eigenvalue weighted by atomic mass is 16.6. The summed E-state index contributed by atoms with van der Waals surface area (Å²) in [6.45, 7) is 10.5. The van der Waals surface area contributed by atoms with Gasteiger partial charge in [0.25, 0.3) is 0 Å². The summed E-state index contributed by atoms with van der Waals surface area (Å²) in [5.74, 6) is -0.367. The summed E-state index contributed by atoms with van der Waals surface area (Å²) in [6.07, 6.45) is 0.293. The molecule has 0 radical (unpaired) electrons. The number of para-hydroxylation sites is 1. The zero-order chi connectivity index (χ0) is 32.1. The minimum absolute atomic E-state index is 0.0280. The lowest BCUT2D eigenvalue weighted by Crippen LogP contribution is -2.47. The van der Waals surface area contributed by atoms with E-state index in [-0.39, 0.29) is 18.1 Å². The van der Waals surface area contributed by atoms with Crippen LogP contribution in [0.3, 0.4) is 0 Å². The van der Waals surface area contributed by atoms with Crippen molar-refractivity contribution >= 4 is 52.0 Å². The molecule has 4 rings (SSSR count). The van der Waals surface area contributed by atoms with Crippen LogP contribution in [-0.4, -0.2) is 44.9 Å². The molecule has 2 heterocycles. The van der Waals surface area contributed by atoms with Crippen LogP contribution in [0, 0.1) is 0 Å². The summed E-state index contributed by atoms with van der Waals surface area (Å²) in [5, 5.41) is 14.4. The summed E-state index contributed by atoms with van der Waals surface area (Å²) in [4.78, 5) is 43.6. The normalized spacial score (nSPS) is 12.6. The van der Waals surface area contributed by atoms with Crippen LogP contribution in [0.25, 0.3) is 10.9 Å². The van der Waals surface area contributed by atoms with E-state index in [4.69, 9.17) is 15.2 Å². The molecule has 1 atom stereocenters. The first-order valence-electron chi connectivity index (χ1n) is 14.0. The molecule has 44 heavy (non-hydrogen) atoms. The Balaban J connectivity index is 1.60. The van der Waals surface area contributed by atoms with Gasteiger partial charge in [-0.1, -0.05) is 36.4 Å². The van der Waals surface area contributed by atoms with E-state index in [1.165, 1.54) is 10.6 Å². The van der Waals surface area contributed by atoms with E-state index < -0.39 is 35.3 Å². The Hall–Kier alpha value is -5.26. The van der Waals surface area contributed by atoms with E-state index in [0.717, 1.165) is 5.39 Å². The van der Waals surface area contributed by atoms with E-state index >= 15 is 0 Å². The van der Waals surface area contributed by atoms with Gasteiger partial charge in [-0.15, -0.1) is 5.11 Å². The molecule has 4 aromatic rings. The van der Waals surface area contributed by atoms with Crippen molar-refractivity contribution in [3.8, 4) is 0 Å². The molecule has 0 saturated carbocycles. The van der Waals surface area contributed by atoms with E-state index in [9.17, 15) is 14.4 Å². The SMILES string of the molecule is CC(C)(C)OC(=O)N[C@@H](Cc1cn(C(=O)OC(C)(C)C)c2ccccc12)C(=O)Nc1ccc(/N=N/c2ccccc2)c(N)n1. The predicted molar refractivity (Wildman–Crippen MR) is 168 cm³/mol. The lowest BCUT2D eigenvalue weighted by Gasteiger charge is -2.23. The molecule has 0 aliphatic heterocycles. The number of hydrogen-bond donors (Lipinski definition) is 3. The monoisotopic (exact) mass is 599 g/mol. The Kier molecular flexibility index (Phi) is 9.32. The fourth-order valence-corrected chi connectivity index (χ4v) is 4.20. The fraction of sp³-hybridized carbons (Fsp3) is 0.312. The van der Waals surface area contributed by atoms with Crippen LogP contribution < -0.4 is 16.4 Å². The van der Waals surface area contributed by atoms with Crippen molar-refractivity contribution in [2.24, 2.45) is 10.2 Å². The van der Waals surface area contributed by atoms with E-state index in [1.807, 2.05) is 30.3 Å². The zero-order valence-electron chi connectivity index (χ0n) is 25.6. The van der Waals surface area contributed by atoms with Gasteiger partial charge in [-0.2, -0.15) is 5.11 Å². The number of rotatable bonds is 7. The highest BCUT2D eigenvalue weighted by Crippen LogP contribution is 2.26. The molecule has 0 saturated heterocycles. The minimum atomic E-state index is -1.11. The Morgan fingerprint density at radius 1 is 0.886 bits per heavy atom. The second kappa shape index (κ2) is 12.9. The third-order valence-corrected chi connectivity index (χ3v) is 6.00. The van der Waals surface area contributed by atoms with Gasteiger partial charge < -0.3 is 25.8 Å². The second-order valence-corrected chi connectivity index (χ2v) is 12.1. The van der Waals surface area contributed by atoms with Crippen molar-refractivity contribution in [3.05, 3.63) is 78.5 Å². The van der Waals surface area contributed by atoms with Crippen LogP contribution in [0.1, 0.15) is 47.1 Å². The molecular formula is C32H37N7O5. The van der Waals surface area contributed by atoms with Crippen LogP contribution in [0.5, 0.6) is 0 Å². The Labute approximate surface area is 255 Å². The van der Waals surface area contributed by atoms with Crippen molar-refractivity contribution in [1.29, 1.82) is 0 Å². The van der Waals surface area contributed by atoms with Crippen molar-refractivity contribution < 1.29 is 23.9 Å². The number of nitrogens with two attached hydrogens (primary N) is 1. The highest BCUT2D eigenvalue weighted by molar-refractivity contribution is 5.98. The molecule has 2 aromatic heterocycles. The molecule has 12 heteroatoms. The van der Waals surface area contributed by atoms with Crippen molar-refractivity contribution in [2.75, 3.05) is 11.1 Å². The van der Waals surface area contributed by atoms with Gasteiger partial charge in [0.05, 0.1) is 11.2 Å². The van der Waals surface area contributed by atoms with E-state index in [2.05, 4.69) is 25.8 Å². The van der Waals surface area contributed by atoms with Crippen molar-refractivity contribution in [3.63, 3.8) is 0 Å². The Bertz CT molecular complexity index is 1680. The molecule has 0 fully saturated rings. The van der Waals surface area contributed by atoms with Crippen LogP contribution in [0.2, 0.25) is 0 Å². The lowest BCUT2D eigenvalue weighted by molar-refractivity contribution is -0.118. The van der Waals surface area contributed by atoms with Crippen LogP contribution in [-0.2, 0) is 20.7 Å². The number of fused-ring (bicyclic) bond motifs is 1. The number of amides is 2. The number of nitrogens with one attached hydrogen (secondary N) is 2. The van der Waals surface area contributed by atoms with E-state index in [1.54, 1.807) is 78.1 Å². The maximum absolute atomic E-state index is 13.6. The Morgan fingerprint density at radius 2 is 1.55 bits per heavy atom. The molecule has 2 amide bonds. The number of alkyl carbamates (subject to hydrolysis) is 1. The molecule has 0 unspecified atom stereocenters. The number of carbonyl (C=O) groups is 3. The molecule has 0 aliphatic carbocycles. The molecular weight excluding hydrogens is 562 g/mol. The molecule has 0 spiro atoms. The second-order valence-electron chi connectivity index (χ2n) is 12.1. The maximum atomic E-state index is 13.6. The van der Waals surface area contributed by atoms with Gasteiger partial charge in [0.2, 0.25) is 5.91 Å². The zero-order valence-corrected chi connectivity index (χ0v) is 25.6. The van der Waals surface area contributed by atoms with Crippen molar-refractivity contribution in [1.82, 2.24) is 14.9 Å². The van der Waals surface area contributed by atoms with Gasteiger partial charge in [0, 0.05) is 18.0 Å². The molecule has 0 bridgehead atoms. The number of hydrogen-bond acceptors (Lipinski definition) is 9. The number of ether oxygens (including phenoxy) is 2. The smallest absolute Gasteiger partial charge is 0.419 e. The molecule has 2 aromatic carbocycles. The quantitative estimate of drug-likeness (QED) is 0.195. The first-order chi connectivity index (χ1) is 20.7. The average Bonchev–Trinajstić information content (AvgIpc) is 3.29. The first kappa shape index (κ1) is 31.7. The standard InChI is InChI=1S/C32H37N7O5/c1-31(2,3)43-29(41)34-24(18-20-19-39(30(42)44-32(4,5)6)25-15-11-10-14-22(20)25)28(40)36-26-17-16-23(27(33)35-26)38-37-21-12-8-7-9-13-21/h7-17,19,24H,18H2,1-6H3,(H,34,41)(H3,33,35,36,40)/b38-37+/t24-/m0/s1. The molecule has 12 nitrogen and oxygen atoms in total. The first-order valence-corrected chi connectivity index (χ1v) is 14.0. The highest BCUT2D eigenvalue weighted by Gasteiger charge is 2.28. The third-order valence-electron chi connectivity index (χ3n) is 6.00. The lowest BCUT2D eigenvalue weighted by atomic mass is 10.0. The van der Waals surface area contributed by atoms with Gasteiger partial charge in [-0.3, -0.25) is 9.36 Å². The number of azo groups is 1. The summed E-state index contributed by atoms with van der Waals surface area (Å²) in [6, 6.07) is 18.4. The molecule has 0 aliphatic rings. The summed E-state index contributed by atoms with van der Waals surface area (Å²) in [7, 11) is 0. The van der Waals surface area contributed by atoms with Gasteiger partial charge in [-0.05, 0) is 77.4 Å². The van der Waals surface area contributed by atoms with Crippen LogP contribution in [0.4, 0.5) is 32.6 Å². The summed E-state index contributed by atoms with van der Waals surface area (Å²) >= 11 is 0. The molecule has 230 valence electrons. The number of anilines is 2.